The van der Waals surface area contributed by atoms with Crippen molar-refractivity contribution < 1.29 is 0 Å². The largest absolute Gasteiger partial charge is 0.247 e. The molecule has 0 bridgehead atoms. The summed E-state index contributed by atoms with van der Waals surface area (Å²) >= 11 is 0. The third-order valence-electron chi connectivity index (χ3n) is 11.1. The summed E-state index contributed by atoms with van der Waals surface area (Å²) in [6.45, 7) is 0. The van der Waals surface area contributed by atoms with Gasteiger partial charge < -0.3 is 0 Å². The summed E-state index contributed by atoms with van der Waals surface area (Å²) < 4.78 is 0. The lowest BCUT2D eigenvalue weighted by molar-refractivity contribution is 1.41. The quantitative estimate of drug-likeness (QED) is 0.174. The lowest BCUT2D eigenvalue weighted by Gasteiger charge is -2.20. The first-order chi connectivity index (χ1) is 27.7. The molecule has 0 atom stereocenters. The minimum Gasteiger partial charge on any atom is -0.247 e. The fourth-order valence-corrected chi connectivity index (χ4v) is 8.23. The first-order valence-corrected chi connectivity index (χ1v) is 19.1. The van der Waals surface area contributed by atoms with Crippen molar-refractivity contribution in [2.75, 3.05) is 0 Å². The first-order valence-electron chi connectivity index (χ1n) is 19.1. The monoisotopic (exact) mass is 710 g/mol. The standard InChI is InChI=1S/C54H34N2/c1-3-11-35(12-4-1)41-19-21-45-29-47(25-23-43(45)27-41)53-49-31-37-15-7-9-17-39(37)33-51(49)56-54(50-32-38-16-8-10-18-40(38)34-52(50)55-53)48-26-24-44-28-42(20-22-46(44)30-48)36-13-5-2-6-14-36/h1-34H/b53-49?,54-50?,55-52?,55-53-,56-51?,56-54-. The van der Waals surface area contributed by atoms with Gasteiger partial charge in [-0.25, -0.2) is 9.98 Å². The predicted molar refractivity (Wildman–Crippen MR) is 237 cm³/mol. The van der Waals surface area contributed by atoms with E-state index < -0.39 is 0 Å². The van der Waals surface area contributed by atoms with E-state index in [9.17, 15) is 0 Å². The van der Waals surface area contributed by atoms with Gasteiger partial charge in [-0.05, 0) is 114 Å². The van der Waals surface area contributed by atoms with E-state index in [4.69, 9.17) is 9.98 Å². The fraction of sp³-hybridized carbons (Fsp3) is 0. The van der Waals surface area contributed by atoms with Gasteiger partial charge in [-0.15, -0.1) is 0 Å². The summed E-state index contributed by atoms with van der Waals surface area (Å²) in [5.41, 5.74) is 12.6. The van der Waals surface area contributed by atoms with Crippen LogP contribution >= 0.6 is 0 Å². The van der Waals surface area contributed by atoms with Gasteiger partial charge in [-0.3, -0.25) is 0 Å². The van der Waals surface area contributed by atoms with Gasteiger partial charge in [-0.2, -0.15) is 0 Å². The molecule has 0 aromatic heterocycles. The number of benzene rings is 10. The molecule has 10 aromatic carbocycles. The summed E-state index contributed by atoms with van der Waals surface area (Å²) in [5.74, 6) is 0. The zero-order valence-corrected chi connectivity index (χ0v) is 30.5. The second-order valence-electron chi connectivity index (χ2n) is 14.6. The zero-order chi connectivity index (χ0) is 37.0. The molecule has 0 unspecified atom stereocenters. The van der Waals surface area contributed by atoms with E-state index in [0.717, 1.165) is 66.6 Å². The average Bonchev–Trinajstić information content (AvgIpc) is 3.26. The van der Waals surface area contributed by atoms with Gasteiger partial charge in [-0.1, -0.05) is 158 Å². The Morgan fingerprint density at radius 3 is 0.911 bits per heavy atom. The average molecular weight is 711 g/mol. The fourth-order valence-electron chi connectivity index (χ4n) is 8.23. The first kappa shape index (κ1) is 32.0. The minimum atomic E-state index is 0.898. The number of hydrogen-bond acceptors (Lipinski definition) is 2. The topological polar surface area (TPSA) is 24.7 Å². The molecule has 0 saturated heterocycles. The van der Waals surface area contributed by atoms with Crippen molar-refractivity contribution in [2.24, 2.45) is 9.98 Å². The SMILES string of the molecule is c1ccc(-c2ccc3cc(/C4=N/c5cc6ccccc6cc5/C(c5ccc6cc(-c7ccccc7)ccc6c5)=N\c5cc6ccccc6cc54)ccc3c2)cc1. The molecule has 10 aromatic rings. The van der Waals surface area contributed by atoms with Gasteiger partial charge in [0.05, 0.1) is 22.8 Å². The lowest BCUT2D eigenvalue weighted by atomic mass is 9.91. The van der Waals surface area contributed by atoms with E-state index in [2.05, 4.69) is 206 Å². The maximum absolute atomic E-state index is 5.66. The highest BCUT2D eigenvalue weighted by molar-refractivity contribution is 6.25. The van der Waals surface area contributed by atoms with Crippen LogP contribution in [0.3, 0.4) is 0 Å². The van der Waals surface area contributed by atoms with Crippen LogP contribution in [0.25, 0.3) is 65.3 Å². The van der Waals surface area contributed by atoms with Gasteiger partial charge in [0.1, 0.15) is 0 Å². The van der Waals surface area contributed by atoms with E-state index in [-0.39, 0.29) is 0 Å². The van der Waals surface area contributed by atoms with E-state index in [1.165, 1.54) is 43.8 Å². The Kier molecular flexibility index (Phi) is 7.53. The van der Waals surface area contributed by atoms with Gasteiger partial charge in [0.2, 0.25) is 0 Å². The molecule has 0 amide bonds. The van der Waals surface area contributed by atoms with Crippen molar-refractivity contribution >= 4 is 65.9 Å². The normalized spacial score (nSPS) is 14.4. The van der Waals surface area contributed by atoms with Crippen molar-refractivity contribution in [3.05, 3.63) is 229 Å². The third kappa shape index (κ3) is 5.68. The van der Waals surface area contributed by atoms with Gasteiger partial charge in [0.15, 0.2) is 0 Å². The lowest BCUT2D eigenvalue weighted by Crippen LogP contribution is -2.10. The summed E-state index contributed by atoms with van der Waals surface area (Å²) in [5, 5.41) is 9.33. The van der Waals surface area contributed by atoms with E-state index >= 15 is 0 Å². The zero-order valence-electron chi connectivity index (χ0n) is 30.5. The molecule has 0 N–H and O–H groups in total. The van der Waals surface area contributed by atoms with Crippen molar-refractivity contribution in [1.82, 2.24) is 0 Å². The predicted octanol–water partition coefficient (Wildman–Crippen LogP) is 14.3. The molecule has 0 saturated carbocycles. The molecule has 0 spiro atoms. The van der Waals surface area contributed by atoms with Crippen molar-refractivity contribution in [3.63, 3.8) is 0 Å². The number of nitrogens with zero attached hydrogens (tertiary/aromatic N) is 2. The van der Waals surface area contributed by atoms with Gasteiger partial charge in [0.25, 0.3) is 0 Å². The molecule has 0 aliphatic carbocycles. The van der Waals surface area contributed by atoms with Crippen LogP contribution in [0.15, 0.2) is 216 Å². The molecule has 1 aliphatic heterocycles. The van der Waals surface area contributed by atoms with E-state index in [1.807, 2.05) is 0 Å². The number of aliphatic imine (C=N–C) groups is 2. The van der Waals surface area contributed by atoms with Crippen LogP contribution in [0, 0.1) is 0 Å². The molecule has 1 aliphatic rings. The summed E-state index contributed by atoms with van der Waals surface area (Å²) in [4.78, 5) is 11.3. The molecular weight excluding hydrogens is 677 g/mol. The number of rotatable bonds is 4. The second kappa shape index (κ2) is 13.2. The maximum Gasteiger partial charge on any atom is 0.0803 e. The minimum absolute atomic E-state index is 0.898. The van der Waals surface area contributed by atoms with Crippen LogP contribution in [0.4, 0.5) is 11.4 Å². The molecule has 0 fully saturated rings. The highest BCUT2D eigenvalue weighted by Gasteiger charge is 2.22. The molecular formula is C54H34N2. The Morgan fingerprint density at radius 1 is 0.214 bits per heavy atom. The Morgan fingerprint density at radius 2 is 0.518 bits per heavy atom. The number of fused-ring (bicyclic) bond motifs is 6. The smallest absolute Gasteiger partial charge is 0.0803 e. The maximum atomic E-state index is 5.66. The van der Waals surface area contributed by atoms with E-state index in [1.54, 1.807) is 0 Å². The van der Waals surface area contributed by atoms with Crippen LogP contribution in [0.1, 0.15) is 22.3 Å². The highest BCUT2D eigenvalue weighted by atomic mass is 14.8. The van der Waals surface area contributed by atoms with Crippen LogP contribution in [0.5, 0.6) is 0 Å². The van der Waals surface area contributed by atoms with Gasteiger partial charge >= 0.3 is 0 Å². The summed E-state index contributed by atoms with van der Waals surface area (Å²) in [7, 11) is 0. The Balaban J connectivity index is 1.13. The van der Waals surface area contributed by atoms with Crippen molar-refractivity contribution in [2.45, 2.75) is 0 Å². The Hall–Kier alpha value is -7.42. The molecule has 11 rings (SSSR count). The Bertz CT molecular complexity index is 3010. The van der Waals surface area contributed by atoms with Crippen LogP contribution in [-0.2, 0) is 0 Å². The van der Waals surface area contributed by atoms with Crippen molar-refractivity contribution in [1.29, 1.82) is 0 Å². The molecule has 56 heavy (non-hydrogen) atoms. The highest BCUT2D eigenvalue weighted by Crippen LogP contribution is 2.39. The molecule has 260 valence electrons. The Labute approximate surface area is 325 Å². The number of hydrogen-bond donors (Lipinski definition) is 0. The van der Waals surface area contributed by atoms with Crippen LogP contribution in [-0.4, -0.2) is 11.4 Å². The molecule has 0 radical (unpaired) electrons. The van der Waals surface area contributed by atoms with Crippen LogP contribution < -0.4 is 0 Å². The van der Waals surface area contributed by atoms with Gasteiger partial charge in [0, 0.05) is 22.3 Å². The van der Waals surface area contributed by atoms with E-state index in [0.29, 0.717) is 0 Å². The second-order valence-corrected chi connectivity index (χ2v) is 14.6. The molecule has 1 heterocycles. The summed E-state index contributed by atoms with van der Waals surface area (Å²) in [6.07, 6.45) is 0. The molecule has 2 nitrogen and oxygen atoms in total. The summed E-state index contributed by atoms with van der Waals surface area (Å²) in [6, 6.07) is 74.1. The van der Waals surface area contributed by atoms with Crippen LogP contribution in [0.2, 0.25) is 0 Å². The van der Waals surface area contributed by atoms with Crippen molar-refractivity contribution in [3.8, 4) is 22.3 Å². The third-order valence-corrected chi connectivity index (χ3v) is 11.1. The molecule has 2 heteroatoms.